The summed E-state index contributed by atoms with van der Waals surface area (Å²) in [6, 6.07) is 13.6. The molecule has 116 valence electrons. The van der Waals surface area contributed by atoms with Crippen molar-refractivity contribution >= 4 is 40.5 Å². The van der Waals surface area contributed by atoms with Crippen LogP contribution in [0.25, 0.3) is 0 Å². The highest BCUT2D eigenvalue weighted by Crippen LogP contribution is 2.31. The van der Waals surface area contributed by atoms with Gasteiger partial charge in [-0.1, -0.05) is 34.8 Å². The molecule has 1 aliphatic rings. The van der Waals surface area contributed by atoms with Crippen molar-refractivity contribution < 1.29 is 4.74 Å². The number of anilines is 1. The average molecular weight is 357 g/mol. The normalized spacial score (nSPS) is 17.8. The van der Waals surface area contributed by atoms with Crippen LogP contribution in [0, 0.1) is 0 Å². The van der Waals surface area contributed by atoms with Gasteiger partial charge in [0, 0.05) is 17.3 Å². The van der Waals surface area contributed by atoms with Crippen molar-refractivity contribution in [3.8, 4) is 5.75 Å². The molecule has 1 atom stereocenters. The van der Waals surface area contributed by atoms with Gasteiger partial charge in [-0.3, -0.25) is 0 Å². The fourth-order valence-corrected chi connectivity index (χ4v) is 3.15. The highest BCUT2D eigenvalue weighted by atomic mass is 35.5. The first-order chi connectivity index (χ1) is 10.6. The molecule has 0 aromatic heterocycles. The van der Waals surface area contributed by atoms with E-state index in [1.54, 1.807) is 0 Å². The number of hydrogen-bond donors (Lipinski definition) is 0. The SMILES string of the molecule is Clc1ccc(OC[C@@H]2CCCN2c2ccc(Cl)c(Cl)c2)cc1. The lowest BCUT2D eigenvalue weighted by atomic mass is 10.2. The summed E-state index contributed by atoms with van der Waals surface area (Å²) in [7, 11) is 0. The van der Waals surface area contributed by atoms with Crippen LogP contribution in [0.1, 0.15) is 12.8 Å². The predicted molar refractivity (Wildman–Crippen MR) is 93.8 cm³/mol. The number of benzene rings is 2. The van der Waals surface area contributed by atoms with E-state index in [9.17, 15) is 0 Å². The Balaban J connectivity index is 1.67. The monoisotopic (exact) mass is 355 g/mol. The van der Waals surface area contributed by atoms with Gasteiger partial charge in [0.05, 0.1) is 16.1 Å². The summed E-state index contributed by atoms with van der Waals surface area (Å²) in [6.45, 7) is 1.65. The van der Waals surface area contributed by atoms with Crippen LogP contribution < -0.4 is 9.64 Å². The average Bonchev–Trinajstić information content (AvgIpc) is 2.98. The van der Waals surface area contributed by atoms with Gasteiger partial charge in [-0.15, -0.1) is 0 Å². The Bertz CT molecular complexity index is 645. The van der Waals surface area contributed by atoms with E-state index in [1.165, 1.54) is 0 Å². The van der Waals surface area contributed by atoms with Crippen molar-refractivity contribution in [3.63, 3.8) is 0 Å². The first-order valence-corrected chi connectivity index (χ1v) is 8.37. The molecule has 0 unspecified atom stereocenters. The second-order valence-electron chi connectivity index (χ2n) is 5.35. The van der Waals surface area contributed by atoms with Gasteiger partial charge in [0.25, 0.3) is 0 Å². The molecular weight excluding hydrogens is 341 g/mol. The molecule has 0 saturated carbocycles. The van der Waals surface area contributed by atoms with Crippen molar-refractivity contribution in [2.45, 2.75) is 18.9 Å². The molecule has 0 spiro atoms. The van der Waals surface area contributed by atoms with Crippen LogP contribution in [0.15, 0.2) is 42.5 Å². The van der Waals surface area contributed by atoms with Crippen LogP contribution in [-0.2, 0) is 0 Å². The first-order valence-electron chi connectivity index (χ1n) is 7.23. The van der Waals surface area contributed by atoms with Crippen molar-refractivity contribution in [1.82, 2.24) is 0 Å². The van der Waals surface area contributed by atoms with Crippen LogP contribution in [0.5, 0.6) is 5.75 Å². The molecule has 3 rings (SSSR count). The van der Waals surface area contributed by atoms with E-state index in [1.807, 2.05) is 42.5 Å². The smallest absolute Gasteiger partial charge is 0.119 e. The van der Waals surface area contributed by atoms with E-state index < -0.39 is 0 Å². The lowest BCUT2D eigenvalue weighted by Gasteiger charge is -2.27. The Labute approximate surface area is 145 Å². The summed E-state index contributed by atoms with van der Waals surface area (Å²) < 4.78 is 5.89. The first kappa shape index (κ1) is 15.8. The number of halogens is 3. The third-order valence-corrected chi connectivity index (χ3v) is 4.86. The molecule has 2 aromatic rings. The minimum atomic E-state index is 0.341. The maximum atomic E-state index is 6.13. The Morgan fingerprint density at radius 2 is 1.77 bits per heavy atom. The Hall–Kier alpha value is -1.09. The number of ether oxygens (including phenoxy) is 1. The molecule has 2 nitrogen and oxygen atoms in total. The summed E-state index contributed by atoms with van der Waals surface area (Å²) in [5, 5.41) is 1.88. The van der Waals surface area contributed by atoms with Gasteiger partial charge in [-0.25, -0.2) is 0 Å². The second-order valence-corrected chi connectivity index (χ2v) is 6.60. The summed E-state index contributed by atoms with van der Waals surface area (Å²) in [5.74, 6) is 0.838. The van der Waals surface area contributed by atoms with Gasteiger partial charge in [0.2, 0.25) is 0 Å². The molecule has 0 bridgehead atoms. The number of hydrogen-bond acceptors (Lipinski definition) is 2. The quantitative estimate of drug-likeness (QED) is 0.697. The van der Waals surface area contributed by atoms with Crippen LogP contribution >= 0.6 is 34.8 Å². The van der Waals surface area contributed by atoms with Gasteiger partial charge in [0.15, 0.2) is 0 Å². The minimum Gasteiger partial charge on any atom is -0.491 e. The molecular formula is C17H16Cl3NO. The molecule has 1 saturated heterocycles. The maximum absolute atomic E-state index is 6.13. The Morgan fingerprint density at radius 1 is 1.00 bits per heavy atom. The van der Waals surface area contributed by atoms with E-state index in [0.29, 0.717) is 27.7 Å². The van der Waals surface area contributed by atoms with Gasteiger partial charge in [-0.2, -0.15) is 0 Å². The largest absolute Gasteiger partial charge is 0.491 e. The number of rotatable bonds is 4. The molecule has 5 heteroatoms. The summed E-state index contributed by atoms with van der Waals surface area (Å²) in [6.07, 6.45) is 2.25. The van der Waals surface area contributed by atoms with E-state index >= 15 is 0 Å². The molecule has 2 aromatic carbocycles. The Morgan fingerprint density at radius 3 is 2.50 bits per heavy atom. The van der Waals surface area contributed by atoms with Crippen LogP contribution in [0.3, 0.4) is 0 Å². The highest BCUT2D eigenvalue weighted by Gasteiger charge is 2.25. The zero-order valence-electron chi connectivity index (χ0n) is 11.9. The topological polar surface area (TPSA) is 12.5 Å². The molecule has 0 amide bonds. The van der Waals surface area contributed by atoms with Crippen molar-refractivity contribution in [1.29, 1.82) is 0 Å². The molecule has 1 heterocycles. The molecule has 0 aliphatic carbocycles. The number of nitrogens with zero attached hydrogens (tertiary/aromatic N) is 1. The van der Waals surface area contributed by atoms with Gasteiger partial charge in [0.1, 0.15) is 12.4 Å². The van der Waals surface area contributed by atoms with Gasteiger partial charge < -0.3 is 9.64 Å². The fraction of sp³-hybridized carbons (Fsp3) is 0.294. The van der Waals surface area contributed by atoms with E-state index in [2.05, 4.69) is 4.90 Å². The van der Waals surface area contributed by atoms with Crippen LogP contribution in [-0.4, -0.2) is 19.2 Å². The fourth-order valence-electron chi connectivity index (χ4n) is 2.74. The lowest BCUT2D eigenvalue weighted by Crippen LogP contribution is -2.34. The second kappa shape index (κ2) is 6.99. The Kier molecular flexibility index (Phi) is 5.02. The maximum Gasteiger partial charge on any atom is 0.119 e. The zero-order valence-corrected chi connectivity index (χ0v) is 14.2. The molecule has 1 aliphatic heterocycles. The van der Waals surface area contributed by atoms with Gasteiger partial charge in [-0.05, 0) is 55.3 Å². The summed E-state index contributed by atoms with van der Waals surface area (Å²) in [5.41, 5.74) is 1.09. The van der Waals surface area contributed by atoms with Crippen LogP contribution in [0.2, 0.25) is 15.1 Å². The van der Waals surface area contributed by atoms with Gasteiger partial charge >= 0.3 is 0 Å². The third-order valence-electron chi connectivity index (χ3n) is 3.87. The molecule has 0 N–H and O–H groups in total. The molecule has 22 heavy (non-hydrogen) atoms. The minimum absolute atomic E-state index is 0.341. The highest BCUT2D eigenvalue weighted by molar-refractivity contribution is 6.42. The van der Waals surface area contributed by atoms with Crippen molar-refractivity contribution in [2.24, 2.45) is 0 Å². The summed E-state index contributed by atoms with van der Waals surface area (Å²) >= 11 is 18.0. The zero-order chi connectivity index (χ0) is 15.5. The molecule has 1 fully saturated rings. The van der Waals surface area contributed by atoms with E-state index in [4.69, 9.17) is 39.5 Å². The lowest BCUT2D eigenvalue weighted by molar-refractivity contribution is 0.288. The summed E-state index contributed by atoms with van der Waals surface area (Å²) in [4.78, 5) is 2.33. The van der Waals surface area contributed by atoms with E-state index in [0.717, 1.165) is 30.8 Å². The molecule has 0 radical (unpaired) electrons. The van der Waals surface area contributed by atoms with E-state index in [-0.39, 0.29) is 0 Å². The van der Waals surface area contributed by atoms with Crippen LogP contribution in [0.4, 0.5) is 5.69 Å². The van der Waals surface area contributed by atoms with Crippen molar-refractivity contribution in [3.05, 3.63) is 57.5 Å². The standard InChI is InChI=1S/C17H16Cl3NO/c18-12-3-6-15(7-4-12)22-11-14-2-1-9-21(14)13-5-8-16(19)17(20)10-13/h3-8,10,14H,1-2,9,11H2/t14-/m0/s1. The third kappa shape index (κ3) is 3.62. The van der Waals surface area contributed by atoms with Crippen molar-refractivity contribution in [2.75, 3.05) is 18.1 Å². The predicted octanol–water partition coefficient (Wildman–Crippen LogP) is 5.69.